The maximum atomic E-state index is 11.1. The van der Waals surface area contributed by atoms with E-state index in [-0.39, 0.29) is 5.92 Å². The van der Waals surface area contributed by atoms with Crippen LogP contribution in [-0.2, 0) is 17.6 Å². The number of hydrogen-bond donors (Lipinski definition) is 1. The van der Waals surface area contributed by atoms with Crippen LogP contribution in [-0.4, -0.2) is 25.3 Å². The molecule has 1 aliphatic rings. The van der Waals surface area contributed by atoms with Gasteiger partial charge in [-0.05, 0) is 36.5 Å². The van der Waals surface area contributed by atoms with E-state index in [9.17, 15) is 4.79 Å². The van der Waals surface area contributed by atoms with Crippen molar-refractivity contribution in [3.8, 4) is 11.5 Å². The van der Waals surface area contributed by atoms with Crippen molar-refractivity contribution in [3.05, 3.63) is 22.2 Å². The van der Waals surface area contributed by atoms with Gasteiger partial charge < -0.3 is 14.6 Å². The smallest absolute Gasteiger partial charge is 0.306 e. The summed E-state index contributed by atoms with van der Waals surface area (Å²) in [4.78, 5) is 11.1. The quantitative estimate of drug-likeness (QED) is 0.917. The van der Waals surface area contributed by atoms with Crippen LogP contribution in [0, 0.1) is 5.92 Å². The molecule has 0 fully saturated rings. The predicted molar refractivity (Wildman–Crippen MR) is 67.7 cm³/mol. The fourth-order valence-corrected chi connectivity index (χ4v) is 2.74. The van der Waals surface area contributed by atoms with Gasteiger partial charge in [-0.15, -0.1) is 0 Å². The topological polar surface area (TPSA) is 55.8 Å². The van der Waals surface area contributed by atoms with E-state index in [1.54, 1.807) is 7.11 Å². The normalized spacial score (nSPS) is 18.1. The van der Waals surface area contributed by atoms with Crippen molar-refractivity contribution in [1.82, 2.24) is 0 Å². The first-order valence-electron chi connectivity index (χ1n) is 5.73. The second kappa shape index (κ2) is 5.06. The zero-order valence-corrected chi connectivity index (χ0v) is 11.1. The summed E-state index contributed by atoms with van der Waals surface area (Å²) in [6.07, 6.45) is 1.78. The molecule has 5 heteroatoms. The highest BCUT2D eigenvalue weighted by molar-refractivity contribution is 6.33. The van der Waals surface area contributed by atoms with Gasteiger partial charge in [-0.25, -0.2) is 0 Å². The molecule has 1 aromatic rings. The zero-order valence-electron chi connectivity index (χ0n) is 10.3. The molecular weight excluding hydrogens is 256 g/mol. The van der Waals surface area contributed by atoms with E-state index in [1.165, 1.54) is 7.11 Å². The van der Waals surface area contributed by atoms with Crippen molar-refractivity contribution >= 4 is 17.6 Å². The van der Waals surface area contributed by atoms with Crippen molar-refractivity contribution < 1.29 is 19.4 Å². The summed E-state index contributed by atoms with van der Waals surface area (Å²) in [5.41, 5.74) is 1.92. The van der Waals surface area contributed by atoms with Gasteiger partial charge in [-0.3, -0.25) is 4.79 Å². The van der Waals surface area contributed by atoms with Gasteiger partial charge in [0, 0.05) is 0 Å². The molecule has 0 aliphatic heterocycles. The molecule has 0 radical (unpaired) electrons. The Labute approximate surface area is 110 Å². The van der Waals surface area contributed by atoms with Gasteiger partial charge in [0.2, 0.25) is 0 Å². The Bertz CT molecular complexity index is 484. The highest BCUT2D eigenvalue weighted by Gasteiger charge is 2.28. The van der Waals surface area contributed by atoms with Crippen LogP contribution in [0.15, 0.2) is 6.07 Å². The third kappa shape index (κ3) is 2.12. The maximum Gasteiger partial charge on any atom is 0.306 e. The molecule has 0 aromatic heterocycles. The fourth-order valence-electron chi connectivity index (χ4n) is 2.37. The Hall–Kier alpha value is -1.42. The van der Waals surface area contributed by atoms with Crippen LogP contribution in [0.3, 0.4) is 0 Å². The van der Waals surface area contributed by atoms with E-state index in [0.717, 1.165) is 11.1 Å². The zero-order chi connectivity index (χ0) is 13.3. The fraction of sp³-hybridized carbons (Fsp3) is 0.462. The summed E-state index contributed by atoms with van der Waals surface area (Å²) in [5, 5.41) is 9.55. The molecule has 0 saturated carbocycles. The SMILES string of the molecule is COc1cc2c(c(Cl)c1OC)CC(C(=O)O)CC2. The number of benzene rings is 1. The van der Waals surface area contributed by atoms with Crippen molar-refractivity contribution in [1.29, 1.82) is 0 Å². The predicted octanol–water partition coefficient (Wildman–Crippen LogP) is 2.55. The summed E-state index contributed by atoms with van der Waals surface area (Å²) in [5.74, 6) is -0.0708. The van der Waals surface area contributed by atoms with Crippen LogP contribution >= 0.6 is 11.6 Å². The molecule has 1 atom stereocenters. The number of hydrogen-bond acceptors (Lipinski definition) is 3. The van der Waals surface area contributed by atoms with Crippen molar-refractivity contribution in [2.45, 2.75) is 19.3 Å². The molecule has 0 saturated heterocycles. The average molecular weight is 271 g/mol. The van der Waals surface area contributed by atoms with Gasteiger partial charge in [0.1, 0.15) is 0 Å². The second-order valence-corrected chi connectivity index (χ2v) is 4.72. The number of carbonyl (C=O) groups is 1. The molecule has 1 unspecified atom stereocenters. The monoisotopic (exact) mass is 270 g/mol. The third-order valence-electron chi connectivity index (χ3n) is 3.37. The van der Waals surface area contributed by atoms with Gasteiger partial charge in [-0.2, -0.15) is 0 Å². The lowest BCUT2D eigenvalue weighted by Crippen LogP contribution is -2.22. The number of aliphatic carboxylic acids is 1. The first kappa shape index (κ1) is 13.0. The van der Waals surface area contributed by atoms with Crippen LogP contribution in [0.25, 0.3) is 0 Å². The number of halogens is 1. The standard InChI is InChI=1S/C13H15ClO4/c1-17-10-6-7-3-4-8(13(15)16)5-9(7)11(14)12(10)18-2/h6,8H,3-5H2,1-2H3,(H,15,16). The summed E-state index contributed by atoms with van der Waals surface area (Å²) < 4.78 is 10.5. The first-order valence-corrected chi connectivity index (χ1v) is 6.11. The second-order valence-electron chi connectivity index (χ2n) is 4.34. The van der Waals surface area contributed by atoms with Gasteiger partial charge >= 0.3 is 5.97 Å². The molecule has 18 heavy (non-hydrogen) atoms. The Morgan fingerprint density at radius 1 is 1.44 bits per heavy atom. The summed E-state index contributed by atoms with van der Waals surface area (Å²) >= 11 is 6.28. The Balaban J connectivity index is 2.47. The van der Waals surface area contributed by atoms with E-state index in [4.69, 9.17) is 26.2 Å². The van der Waals surface area contributed by atoms with E-state index in [2.05, 4.69) is 0 Å². The summed E-state index contributed by atoms with van der Waals surface area (Å²) in [6.45, 7) is 0. The molecule has 2 rings (SSSR count). The summed E-state index contributed by atoms with van der Waals surface area (Å²) in [6, 6.07) is 1.89. The lowest BCUT2D eigenvalue weighted by molar-refractivity contribution is -0.142. The first-order chi connectivity index (χ1) is 8.58. The molecule has 4 nitrogen and oxygen atoms in total. The van der Waals surface area contributed by atoms with Gasteiger partial charge in [0.15, 0.2) is 11.5 Å². The molecule has 0 bridgehead atoms. The lowest BCUT2D eigenvalue weighted by atomic mass is 9.83. The molecule has 98 valence electrons. The van der Waals surface area contributed by atoms with Gasteiger partial charge in [0.05, 0.1) is 25.2 Å². The highest BCUT2D eigenvalue weighted by Crippen LogP contribution is 2.43. The minimum atomic E-state index is -0.772. The number of methoxy groups -OCH3 is 2. The van der Waals surface area contributed by atoms with Crippen LogP contribution < -0.4 is 9.47 Å². The average Bonchev–Trinajstić information content (AvgIpc) is 2.37. The Morgan fingerprint density at radius 2 is 2.17 bits per heavy atom. The third-order valence-corrected chi connectivity index (χ3v) is 3.77. The molecule has 0 spiro atoms. The molecular formula is C13H15ClO4. The minimum Gasteiger partial charge on any atom is -0.493 e. The number of carboxylic acid groups (broad SMARTS) is 1. The van der Waals surface area contributed by atoms with E-state index in [0.29, 0.717) is 35.8 Å². The minimum absolute atomic E-state index is 0.367. The van der Waals surface area contributed by atoms with Crippen LogP contribution in [0.4, 0.5) is 0 Å². The summed E-state index contributed by atoms with van der Waals surface area (Å²) in [7, 11) is 3.08. The molecule has 1 N–H and O–H groups in total. The number of fused-ring (bicyclic) bond motifs is 1. The molecule has 0 amide bonds. The van der Waals surface area contributed by atoms with E-state index in [1.807, 2.05) is 6.07 Å². The van der Waals surface area contributed by atoms with Gasteiger partial charge in [0.25, 0.3) is 0 Å². The van der Waals surface area contributed by atoms with Crippen LogP contribution in [0.2, 0.25) is 5.02 Å². The Morgan fingerprint density at radius 3 is 2.72 bits per heavy atom. The van der Waals surface area contributed by atoms with Crippen LogP contribution in [0.5, 0.6) is 11.5 Å². The largest absolute Gasteiger partial charge is 0.493 e. The molecule has 1 aromatic carbocycles. The van der Waals surface area contributed by atoms with Crippen molar-refractivity contribution in [2.75, 3.05) is 14.2 Å². The molecule has 1 aliphatic carbocycles. The Kier molecular flexibility index (Phi) is 3.66. The van der Waals surface area contributed by atoms with Crippen molar-refractivity contribution in [3.63, 3.8) is 0 Å². The van der Waals surface area contributed by atoms with E-state index < -0.39 is 5.97 Å². The van der Waals surface area contributed by atoms with E-state index >= 15 is 0 Å². The molecule has 0 heterocycles. The number of carboxylic acids is 1. The number of aryl methyl sites for hydroxylation is 1. The number of ether oxygens (including phenoxy) is 2. The lowest BCUT2D eigenvalue weighted by Gasteiger charge is -2.24. The maximum absolute atomic E-state index is 11.1. The van der Waals surface area contributed by atoms with Crippen LogP contribution in [0.1, 0.15) is 17.5 Å². The number of rotatable bonds is 3. The van der Waals surface area contributed by atoms with Gasteiger partial charge in [-0.1, -0.05) is 11.6 Å². The van der Waals surface area contributed by atoms with Crippen molar-refractivity contribution in [2.24, 2.45) is 5.92 Å². The highest BCUT2D eigenvalue weighted by atomic mass is 35.5.